The van der Waals surface area contributed by atoms with Gasteiger partial charge < -0.3 is 9.47 Å². The molecule has 2 rings (SSSR count). The molecule has 0 amide bonds. The minimum atomic E-state index is -0.889. The van der Waals surface area contributed by atoms with Gasteiger partial charge in [-0.1, -0.05) is 11.6 Å². The lowest BCUT2D eigenvalue weighted by Crippen LogP contribution is -1.99. The van der Waals surface area contributed by atoms with Gasteiger partial charge in [0.05, 0.1) is 14.2 Å². The smallest absolute Gasteiger partial charge is 0.289 e. The summed E-state index contributed by atoms with van der Waals surface area (Å²) in [5, 5.41) is 6.57. The van der Waals surface area contributed by atoms with Gasteiger partial charge in [0.15, 0.2) is 11.5 Å². The molecule has 0 fully saturated rings. The molecule has 74 valence electrons. The number of halogens is 1. The van der Waals surface area contributed by atoms with Crippen LogP contribution in [0.2, 0.25) is 0 Å². The van der Waals surface area contributed by atoms with Gasteiger partial charge in [-0.2, -0.15) is 0 Å². The fourth-order valence-electron chi connectivity index (χ4n) is 1.19. The number of hydrogen-bond acceptors (Lipinski definition) is 4. The zero-order valence-corrected chi connectivity index (χ0v) is 8.58. The molecule has 1 aliphatic rings. The van der Waals surface area contributed by atoms with Crippen LogP contribution in [-0.4, -0.2) is 14.2 Å². The van der Waals surface area contributed by atoms with E-state index in [1.165, 1.54) is 0 Å². The third-order valence-corrected chi connectivity index (χ3v) is 2.40. The molecule has 0 bridgehead atoms. The maximum Gasteiger partial charge on any atom is 0.289 e. The van der Waals surface area contributed by atoms with Crippen LogP contribution in [0, 0.1) is 0 Å². The molecule has 1 aliphatic heterocycles. The number of alkyl halides is 1. The highest BCUT2D eigenvalue weighted by molar-refractivity contribution is 6.24. The Kier molecular flexibility index (Phi) is 2.07. The Morgan fingerprint density at radius 1 is 1.14 bits per heavy atom. The van der Waals surface area contributed by atoms with E-state index in [2.05, 4.69) is 10.2 Å². The SMILES string of the molecule is COc1ccc(C2(Cl)N=N2)cc1OC. The monoisotopic (exact) mass is 212 g/mol. The average molecular weight is 213 g/mol. The summed E-state index contributed by atoms with van der Waals surface area (Å²) in [4.78, 5) is 0. The van der Waals surface area contributed by atoms with Gasteiger partial charge in [0, 0.05) is 5.56 Å². The van der Waals surface area contributed by atoms with Crippen molar-refractivity contribution in [2.24, 2.45) is 10.2 Å². The van der Waals surface area contributed by atoms with Crippen molar-refractivity contribution in [1.82, 2.24) is 0 Å². The number of rotatable bonds is 3. The third-order valence-electron chi connectivity index (χ3n) is 2.03. The van der Waals surface area contributed by atoms with E-state index in [0.717, 1.165) is 5.56 Å². The molecular formula is C9H9ClN2O2. The number of ether oxygens (including phenoxy) is 2. The summed E-state index contributed by atoms with van der Waals surface area (Å²) in [6.45, 7) is 0. The molecule has 0 radical (unpaired) electrons. The van der Waals surface area contributed by atoms with Gasteiger partial charge in [-0.3, -0.25) is 0 Å². The summed E-state index contributed by atoms with van der Waals surface area (Å²) in [5.74, 6) is 1.29. The van der Waals surface area contributed by atoms with Crippen LogP contribution >= 0.6 is 11.6 Å². The molecule has 0 spiro atoms. The van der Waals surface area contributed by atoms with Crippen molar-refractivity contribution < 1.29 is 9.47 Å². The van der Waals surface area contributed by atoms with Gasteiger partial charge in [0.2, 0.25) is 0 Å². The maximum atomic E-state index is 5.96. The summed E-state index contributed by atoms with van der Waals surface area (Å²) in [7, 11) is 3.16. The first-order valence-corrected chi connectivity index (χ1v) is 4.43. The molecule has 1 aromatic carbocycles. The third kappa shape index (κ3) is 1.42. The second kappa shape index (κ2) is 3.13. The first-order chi connectivity index (χ1) is 6.69. The van der Waals surface area contributed by atoms with Crippen LogP contribution in [0.3, 0.4) is 0 Å². The van der Waals surface area contributed by atoms with E-state index in [-0.39, 0.29) is 0 Å². The molecule has 5 heteroatoms. The van der Waals surface area contributed by atoms with E-state index in [4.69, 9.17) is 21.1 Å². The summed E-state index contributed by atoms with van der Waals surface area (Å²) < 4.78 is 10.2. The Bertz CT molecular complexity index is 386. The Hall–Kier alpha value is -1.29. The zero-order chi connectivity index (χ0) is 10.2. The Labute approximate surface area is 86.5 Å². The lowest BCUT2D eigenvalue weighted by atomic mass is 10.2. The molecule has 0 aromatic heterocycles. The van der Waals surface area contributed by atoms with Crippen LogP contribution in [-0.2, 0) is 5.12 Å². The summed E-state index contributed by atoms with van der Waals surface area (Å²) >= 11 is 5.96. The van der Waals surface area contributed by atoms with E-state index in [0.29, 0.717) is 11.5 Å². The van der Waals surface area contributed by atoms with Crippen LogP contribution in [0.15, 0.2) is 28.4 Å². The van der Waals surface area contributed by atoms with Gasteiger partial charge in [-0.05, 0) is 18.2 Å². The van der Waals surface area contributed by atoms with Gasteiger partial charge in [0.1, 0.15) is 0 Å². The first kappa shape index (κ1) is 9.27. The number of nitrogens with zero attached hydrogens (tertiary/aromatic N) is 2. The van der Waals surface area contributed by atoms with Gasteiger partial charge in [0.25, 0.3) is 5.12 Å². The second-order valence-corrected chi connectivity index (χ2v) is 3.38. The Morgan fingerprint density at radius 2 is 1.79 bits per heavy atom. The molecule has 0 aliphatic carbocycles. The highest BCUT2D eigenvalue weighted by Crippen LogP contribution is 2.45. The predicted molar refractivity (Wildman–Crippen MR) is 51.9 cm³/mol. The van der Waals surface area contributed by atoms with E-state index in [1.807, 2.05) is 6.07 Å². The van der Waals surface area contributed by atoms with Crippen molar-refractivity contribution in [3.8, 4) is 11.5 Å². The first-order valence-electron chi connectivity index (χ1n) is 4.05. The number of benzene rings is 1. The molecule has 0 N–H and O–H groups in total. The Balaban J connectivity index is 2.37. The van der Waals surface area contributed by atoms with E-state index < -0.39 is 5.12 Å². The van der Waals surface area contributed by atoms with E-state index >= 15 is 0 Å². The lowest BCUT2D eigenvalue weighted by Gasteiger charge is -2.09. The topological polar surface area (TPSA) is 43.2 Å². The Morgan fingerprint density at radius 3 is 2.29 bits per heavy atom. The normalized spacial score (nSPS) is 16.5. The van der Waals surface area contributed by atoms with Crippen LogP contribution in [0.4, 0.5) is 0 Å². The van der Waals surface area contributed by atoms with Crippen LogP contribution in [0.25, 0.3) is 0 Å². The fourth-order valence-corrected chi connectivity index (χ4v) is 1.35. The van der Waals surface area contributed by atoms with E-state index in [1.54, 1.807) is 26.4 Å². The molecular weight excluding hydrogens is 204 g/mol. The molecule has 0 atom stereocenters. The van der Waals surface area contributed by atoms with Crippen molar-refractivity contribution in [2.45, 2.75) is 5.12 Å². The van der Waals surface area contributed by atoms with Crippen molar-refractivity contribution in [2.75, 3.05) is 14.2 Å². The minimum Gasteiger partial charge on any atom is -0.493 e. The highest BCUT2D eigenvalue weighted by Gasteiger charge is 2.40. The fraction of sp³-hybridized carbons (Fsp3) is 0.333. The lowest BCUT2D eigenvalue weighted by molar-refractivity contribution is 0.354. The summed E-state index contributed by atoms with van der Waals surface area (Å²) in [5.41, 5.74) is 0.789. The molecule has 0 saturated heterocycles. The van der Waals surface area contributed by atoms with E-state index in [9.17, 15) is 0 Å². The largest absolute Gasteiger partial charge is 0.493 e. The van der Waals surface area contributed by atoms with Crippen molar-refractivity contribution in [3.63, 3.8) is 0 Å². The van der Waals surface area contributed by atoms with Crippen LogP contribution < -0.4 is 9.47 Å². The number of methoxy groups -OCH3 is 2. The zero-order valence-electron chi connectivity index (χ0n) is 7.82. The van der Waals surface area contributed by atoms with Gasteiger partial charge >= 0.3 is 0 Å². The quantitative estimate of drug-likeness (QED) is 0.571. The molecule has 1 aromatic rings. The van der Waals surface area contributed by atoms with Crippen LogP contribution in [0.1, 0.15) is 5.56 Å². The molecule has 1 heterocycles. The number of hydrogen-bond donors (Lipinski definition) is 0. The second-order valence-electron chi connectivity index (χ2n) is 2.86. The summed E-state index contributed by atoms with van der Waals surface area (Å²) in [6, 6.07) is 5.36. The van der Waals surface area contributed by atoms with Crippen molar-refractivity contribution >= 4 is 11.6 Å². The summed E-state index contributed by atoms with van der Waals surface area (Å²) in [6.07, 6.45) is 0. The van der Waals surface area contributed by atoms with Crippen LogP contribution in [0.5, 0.6) is 11.5 Å². The molecule has 0 unspecified atom stereocenters. The minimum absolute atomic E-state index is 0.627. The highest BCUT2D eigenvalue weighted by atomic mass is 35.5. The van der Waals surface area contributed by atoms with Gasteiger partial charge in [-0.25, -0.2) is 0 Å². The molecule has 14 heavy (non-hydrogen) atoms. The maximum absolute atomic E-state index is 5.96. The van der Waals surface area contributed by atoms with Crippen molar-refractivity contribution in [3.05, 3.63) is 23.8 Å². The standard InChI is InChI=1S/C9H9ClN2O2/c1-13-7-4-3-6(5-8(7)14-2)9(10)11-12-9/h3-5H,1-2H3. The average Bonchev–Trinajstić information content (AvgIpc) is 2.97. The molecule has 4 nitrogen and oxygen atoms in total. The molecule has 0 saturated carbocycles. The predicted octanol–water partition coefficient (Wildman–Crippen LogP) is 2.52. The van der Waals surface area contributed by atoms with Gasteiger partial charge in [-0.15, -0.1) is 10.2 Å². The van der Waals surface area contributed by atoms with Crippen molar-refractivity contribution in [1.29, 1.82) is 0 Å².